The Morgan fingerprint density at radius 3 is 2.57 bits per heavy atom. The average Bonchev–Trinajstić information content (AvgIpc) is 2.50. The first-order valence-corrected chi connectivity index (χ1v) is 7.59. The number of ketones is 1. The van der Waals surface area contributed by atoms with E-state index in [9.17, 15) is 9.59 Å². The molecule has 1 atom stereocenters. The molecule has 2 aromatic carbocycles. The van der Waals surface area contributed by atoms with Gasteiger partial charge in [-0.3, -0.25) is 9.59 Å². The Hall–Kier alpha value is -2.33. The Bertz CT molecular complexity index is 743. The second kappa shape index (κ2) is 7.29. The maximum atomic E-state index is 12.2. The van der Waals surface area contributed by atoms with Gasteiger partial charge in [0.15, 0.2) is 11.9 Å². The monoisotopic (exact) mass is 331 g/mol. The fourth-order valence-electron chi connectivity index (χ4n) is 2.00. The highest BCUT2D eigenvalue weighted by atomic mass is 35.5. The Balaban J connectivity index is 2.05. The Morgan fingerprint density at radius 1 is 1.17 bits per heavy atom. The van der Waals surface area contributed by atoms with Crippen LogP contribution in [0, 0.1) is 6.92 Å². The number of amides is 1. The molecule has 0 saturated carbocycles. The third-order valence-electron chi connectivity index (χ3n) is 3.31. The van der Waals surface area contributed by atoms with E-state index < -0.39 is 6.10 Å². The molecule has 1 amide bonds. The lowest BCUT2D eigenvalue weighted by Crippen LogP contribution is -2.30. The number of hydrogen-bond donors (Lipinski definition) is 1. The molecule has 0 aliphatic rings. The third-order valence-corrected chi connectivity index (χ3v) is 3.62. The lowest BCUT2D eigenvalue weighted by atomic mass is 10.1. The summed E-state index contributed by atoms with van der Waals surface area (Å²) in [5.74, 6) is 0.0957. The number of hydrogen-bond acceptors (Lipinski definition) is 3. The van der Waals surface area contributed by atoms with E-state index in [2.05, 4.69) is 5.32 Å². The van der Waals surface area contributed by atoms with E-state index in [1.807, 2.05) is 13.0 Å². The molecule has 0 aliphatic heterocycles. The van der Waals surface area contributed by atoms with Crippen LogP contribution in [0.2, 0.25) is 5.02 Å². The molecule has 0 bridgehead atoms. The molecule has 0 saturated heterocycles. The summed E-state index contributed by atoms with van der Waals surface area (Å²) in [7, 11) is 0. The van der Waals surface area contributed by atoms with Gasteiger partial charge in [-0.25, -0.2) is 0 Å². The van der Waals surface area contributed by atoms with E-state index >= 15 is 0 Å². The normalized spacial score (nSPS) is 11.7. The van der Waals surface area contributed by atoms with E-state index in [1.54, 1.807) is 43.3 Å². The van der Waals surface area contributed by atoms with Crippen LogP contribution in [0.15, 0.2) is 42.5 Å². The first-order valence-electron chi connectivity index (χ1n) is 7.21. The molecule has 0 heterocycles. The summed E-state index contributed by atoms with van der Waals surface area (Å²) >= 11 is 6.10. The Morgan fingerprint density at radius 2 is 1.91 bits per heavy atom. The van der Waals surface area contributed by atoms with Crippen LogP contribution in [0.3, 0.4) is 0 Å². The minimum Gasteiger partial charge on any atom is -0.481 e. The number of halogens is 1. The first-order chi connectivity index (χ1) is 10.9. The predicted octanol–water partition coefficient (Wildman–Crippen LogP) is 4.26. The molecule has 0 fully saturated rings. The highest BCUT2D eigenvalue weighted by molar-refractivity contribution is 6.33. The van der Waals surface area contributed by atoms with Crippen LogP contribution in [0.1, 0.15) is 29.8 Å². The van der Waals surface area contributed by atoms with E-state index in [4.69, 9.17) is 16.3 Å². The second-order valence-corrected chi connectivity index (χ2v) is 5.72. The van der Waals surface area contributed by atoms with E-state index in [-0.39, 0.29) is 11.7 Å². The summed E-state index contributed by atoms with van der Waals surface area (Å²) in [5.41, 5.74) is 2.09. The Labute approximate surface area is 140 Å². The molecule has 4 nitrogen and oxygen atoms in total. The number of carbonyl (C=O) groups is 2. The van der Waals surface area contributed by atoms with Crippen LogP contribution in [-0.4, -0.2) is 17.8 Å². The maximum absolute atomic E-state index is 12.2. The summed E-state index contributed by atoms with van der Waals surface area (Å²) in [4.78, 5) is 23.6. The van der Waals surface area contributed by atoms with Crippen molar-refractivity contribution in [3.05, 3.63) is 58.6 Å². The summed E-state index contributed by atoms with van der Waals surface area (Å²) in [6, 6.07) is 12.1. The smallest absolute Gasteiger partial charge is 0.265 e. The number of nitrogens with one attached hydrogen (secondary N) is 1. The highest BCUT2D eigenvalue weighted by Crippen LogP contribution is 2.23. The van der Waals surface area contributed by atoms with Gasteiger partial charge in [-0.1, -0.05) is 29.8 Å². The molecule has 1 N–H and O–H groups in total. The van der Waals surface area contributed by atoms with Crippen LogP contribution >= 0.6 is 11.6 Å². The standard InChI is InChI=1S/C18H18ClNO3/c1-11-7-8-17(16(19)9-11)20-18(22)13(3)23-15-6-4-5-14(10-15)12(2)21/h4-10,13H,1-3H3,(H,20,22). The molecule has 23 heavy (non-hydrogen) atoms. The van der Waals surface area contributed by atoms with Crippen LogP contribution < -0.4 is 10.1 Å². The minimum atomic E-state index is -0.727. The van der Waals surface area contributed by atoms with Crippen molar-refractivity contribution in [2.24, 2.45) is 0 Å². The first kappa shape index (κ1) is 17.0. The summed E-state index contributed by atoms with van der Waals surface area (Å²) in [6.45, 7) is 5.04. The van der Waals surface area contributed by atoms with Crippen molar-refractivity contribution in [3.63, 3.8) is 0 Å². The summed E-state index contributed by atoms with van der Waals surface area (Å²) in [5, 5.41) is 3.21. The molecule has 2 aromatic rings. The third kappa shape index (κ3) is 4.57. The average molecular weight is 332 g/mol. The van der Waals surface area contributed by atoms with E-state index in [1.165, 1.54) is 6.92 Å². The van der Waals surface area contributed by atoms with Gasteiger partial charge in [-0.2, -0.15) is 0 Å². The van der Waals surface area contributed by atoms with Gasteiger partial charge in [0.2, 0.25) is 0 Å². The fraction of sp³-hybridized carbons (Fsp3) is 0.222. The van der Waals surface area contributed by atoms with Gasteiger partial charge in [-0.05, 0) is 50.6 Å². The molecule has 2 rings (SSSR count). The quantitative estimate of drug-likeness (QED) is 0.833. The minimum absolute atomic E-state index is 0.0565. The number of Topliss-reactive ketones (excluding diaryl/α,β-unsaturated/α-hetero) is 1. The number of aryl methyl sites for hydroxylation is 1. The molecule has 0 spiro atoms. The number of benzene rings is 2. The molecule has 0 radical (unpaired) electrons. The van der Waals surface area contributed by atoms with Crippen molar-refractivity contribution < 1.29 is 14.3 Å². The van der Waals surface area contributed by atoms with Crippen molar-refractivity contribution in [1.82, 2.24) is 0 Å². The van der Waals surface area contributed by atoms with E-state index in [0.717, 1.165) is 5.56 Å². The van der Waals surface area contributed by atoms with Gasteiger partial charge in [0.1, 0.15) is 5.75 Å². The van der Waals surface area contributed by atoms with Crippen LogP contribution in [-0.2, 0) is 4.79 Å². The van der Waals surface area contributed by atoms with Crippen molar-refractivity contribution in [3.8, 4) is 5.75 Å². The molecule has 5 heteroatoms. The van der Waals surface area contributed by atoms with E-state index in [0.29, 0.717) is 22.0 Å². The zero-order valence-corrected chi connectivity index (χ0v) is 14.0. The van der Waals surface area contributed by atoms with Gasteiger partial charge in [0.05, 0.1) is 10.7 Å². The number of carbonyl (C=O) groups excluding carboxylic acids is 2. The maximum Gasteiger partial charge on any atom is 0.265 e. The molecule has 1 unspecified atom stereocenters. The van der Waals surface area contributed by atoms with Crippen molar-refractivity contribution in [1.29, 1.82) is 0 Å². The molecule has 0 aromatic heterocycles. The lowest BCUT2D eigenvalue weighted by Gasteiger charge is -2.16. The van der Waals surface area contributed by atoms with Gasteiger partial charge < -0.3 is 10.1 Å². The Kier molecular flexibility index (Phi) is 5.40. The second-order valence-electron chi connectivity index (χ2n) is 5.32. The van der Waals surface area contributed by atoms with Gasteiger partial charge >= 0.3 is 0 Å². The van der Waals surface area contributed by atoms with Gasteiger partial charge in [-0.15, -0.1) is 0 Å². The zero-order chi connectivity index (χ0) is 17.0. The molecular weight excluding hydrogens is 314 g/mol. The van der Waals surface area contributed by atoms with Gasteiger partial charge in [0, 0.05) is 5.56 Å². The number of ether oxygens (including phenoxy) is 1. The molecular formula is C18H18ClNO3. The highest BCUT2D eigenvalue weighted by Gasteiger charge is 2.16. The van der Waals surface area contributed by atoms with Crippen molar-refractivity contribution in [2.45, 2.75) is 26.9 Å². The largest absolute Gasteiger partial charge is 0.481 e. The number of anilines is 1. The van der Waals surface area contributed by atoms with Crippen LogP contribution in [0.5, 0.6) is 5.75 Å². The summed E-state index contributed by atoms with van der Waals surface area (Å²) in [6.07, 6.45) is -0.727. The predicted molar refractivity (Wildman–Crippen MR) is 91.4 cm³/mol. The zero-order valence-electron chi connectivity index (χ0n) is 13.2. The molecule has 0 aliphatic carbocycles. The van der Waals surface area contributed by atoms with Crippen molar-refractivity contribution >= 4 is 29.0 Å². The van der Waals surface area contributed by atoms with Gasteiger partial charge in [0.25, 0.3) is 5.91 Å². The number of rotatable bonds is 5. The SMILES string of the molecule is CC(=O)c1cccc(OC(C)C(=O)Nc2ccc(C)cc2Cl)c1. The summed E-state index contributed by atoms with van der Waals surface area (Å²) < 4.78 is 5.60. The van der Waals surface area contributed by atoms with Crippen LogP contribution in [0.25, 0.3) is 0 Å². The fourth-order valence-corrected chi connectivity index (χ4v) is 2.28. The molecule has 120 valence electrons. The van der Waals surface area contributed by atoms with Crippen molar-refractivity contribution in [2.75, 3.05) is 5.32 Å². The lowest BCUT2D eigenvalue weighted by molar-refractivity contribution is -0.122. The topological polar surface area (TPSA) is 55.4 Å². The van der Waals surface area contributed by atoms with Crippen LogP contribution in [0.4, 0.5) is 5.69 Å².